The summed E-state index contributed by atoms with van der Waals surface area (Å²) < 4.78 is 0. The van der Waals surface area contributed by atoms with E-state index in [1.165, 1.54) is 0 Å². The van der Waals surface area contributed by atoms with Crippen LogP contribution in [0.25, 0.3) is 11.1 Å². The summed E-state index contributed by atoms with van der Waals surface area (Å²) >= 11 is 0. The first-order valence-corrected chi connectivity index (χ1v) is 6.13. The Hall–Kier alpha value is -2.14. The molecular weight excluding hydrogens is 242 g/mol. The second kappa shape index (κ2) is 5.24. The minimum Gasteiger partial charge on any atom is -0.493 e. The number of aryl methyl sites for hydroxylation is 1. The highest BCUT2D eigenvalue weighted by Gasteiger charge is 2.15. The molecule has 1 heterocycles. The van der Waals surface area contributed by atoms with E-state index in [1.807, 2.05) is 32.0 Å². The Bertz CT molecular complexity index is 649. The second-order valence-corrected chi connectivity index (χ2v) is 4.66. The van der Waals surface area contributed by atoms with E-state index in [0.717, 1.165) is 5.56 Å². The van der Waals surface area contributed by atoms with E-state index in [-0.39, 0.29) is 22.9 Å². The number of aromatic nitrogens is 2. The molecule has 0 spiro atoms. The zero-order chi connectivity index (χ0) is 14.0. The van der Waals surface area contributed by atoms with Gasteiger partial charge in [0.2, 0.25) is 5.88 Å². The van der Waals surface area contributed by atoms with Crippen molar-refractivity contribution < 1.29 is 5.11 Å². The van der Waals surface area contributed by atoms with Crippen molar-refractivity contribution in [2.24, 2.45) is 5.73 Å². The maximum Gasteiger partial charge on any atom is 0.262 e. The number of hydrogen-bond acceptors (Lipinski definition) is 4. The van der Waals surface area contributed by atoms with Gasteiger partial charge in [0.15, 0.2) is 0 Å². The summed E-state index contributed by atoms with van der Waals surface area (Å²) in [5.74, 6) is 0.0382. The maximum atomic E-state index is 12.1. The lowest BCUT2D eigenvalue weighted by atomic mass is 10.1. The topological polar surface area (TPSA) is 92.0 Å². The monoisotopic (exact) mass is 259 g/mol. The number of benzene rings is 1. The Balaban J connectivity index is 2.57. The van der Waals surface area contributed by atoms with Crippen molar-refractivity contribution in [2.45, 2.75) is 19.8 Å². The molecule has 0 aliphatic heterocycles. The lowest BCUT2D eigenvalue weighted by molar-refractivity contribution is 0.447. The van der Waals surface area contributed by atoms with Crippen LogP contribution in [-0.4, -0.2) is 21.6 Å². The molecule has 0 saturated carbocycles. The largest absolute Gasteiger partial charge is 0.493 e. The quantitative estimate of drug-likeness (QED) is 0.779. The van der Waals surface area contributed by atoms with Crippen molar-refractivity contribution in [1.29, 1.82) is 0 Å². The number of nitrogens with one attached hydrogen (secondary N) is 1. The van der Waals surface area contributed by atoms with Crippen LogP contribution in [0.3, 0.4) is 0 Å². The van der Waals surface area contributed by atoms with Crippen molar-refractivity contribution in [3.8, 4) is 17.0 Å². The molecule has 0 radical (unpaired) electrons. The van der Waals surface area contributed by atoms with Gasteiger partial charge in [-0.2, -0.15) is 4.98 Å². The number of nitrogens with zero attached hydrogens (tertiary/aromatic N) is 1. The van der Waals surface area contributed by atoms with Crippen molar-refractivity contribution in [1.82, 2.24) is 9.97 Å². The zero-order valence-electron chi connectivity index (χ0n) is 11.0. The SMILES string of the molecule is Cc1cccc(-c2c(O)nc(C(C)CN)[nH]c2=O)c1. The van der Waals surface area contributed by atoms with Crippen LogP contribution in [0.15, 0.2) is 29.1 Å². The minimum atomic E-state index is -0.353. The molecule has 2 rings (SSSR count). The van der Waals surface area contributed by atoms with Gasteiger partial charge in [-0.05, 0) is 12.5 Å². The highest BCUT2D eigenvalue weighted by atomic mass is 16.3. The van der Waals surface area contributed by atoms with Crippen molar-refractivity contribution in [2.75, 3.05) is 6.54 Å². The predicted octanol–water partition coefficient (Wildman–Crippen LogP) is 1.51. The van der Waals surface area contributed by atoms with Crippen LogP contribution in [0.4, 0.5) is 0 Å². The summed E-state index contributed by atoms with van der Waals surface area (Å²) in [6.45, 7) is 4.11. The highest BCUT2D eigenvalue weighted by Crippen LogP contribution is 2.25. The summed E-state index contributed by atoms with van der Waals surface area (Å²) in [6, 6.07) is 7.36. The van der Waals surface area contributed by atoms with E-state index in [1.54, 1.807) is 6.07 Å². The molecule has 0 fully saturated rings. The molecule has 2 aromatic rings. The second-order valence-electron chi connectivity index (χ2n) is 4.66. The molecule has 0 aliphatic carbocycles. The fraction of sp³-hybridized carbons (Fsp3) is 0.286. The summed E-state index contributed by atoms with van der Waals surface area (Å²) in [5.41, 5.74) is 7.03. The molecule has 4 N–H and O–H groups in total. The molecule has 5 heteroatoms. The number of aromatic hydroxyl groups is 1. The van der Waals surface area contributed by atoms with E-state index in [0.29, 0.717) is 17.9 Å². The number of nitrogens with two attached hydrogens (primary N) is 1. The lowest BCUT2D eigenvalue weighted by Crippen LogP contribution is -2.19. The van der Waals surface area contributed by atoms with E-state index in [9.17, 15) is 9.90 Å². The van der Waals surface area contributed by atoms with E-state index in [4.69, 9.17) is 5.73 Å². The summed E-state index contributed by atoms with van der Waals surface area (Å²) in [7, 11) is 0. The van der Waals surface area contributed by atoms with E-state index >= 15 is 0 Å². The molecular formula is C14H17N3O2. The van der Waals surface area contributed by atoms with Gasteiger partial charge in [0.25, 0.3) is 5.56 Å². The van der Waals surface area contributed by atoms with Gasteiger partial charge in [-0.3, -0.25) is 4.79 Å². The Morgan fingerprint density at radius 1 is 1.47 bits per heavy atom. The summed E-state index contributed by atoms with van der Waals surface area (Å²) in [5, 5.41) is 9.99. The molecule has 5 nitrogen and oxygen atoms in total. The Morgan fingerprint density at radius 2 is 2.21 bits per heavy atom. The molecule has 1 aromatic carbocycles. The Kier molecular flexibility index (Phi) is 3.66. The van der Waals surface area contributed by atoms with Gasteiger partial charge in [-0.25, -0.2) is 0 Å². The smallest absolute Gasteiger partial charge is 0.262 e. The normalized spacial score (nSPS) is 12.4. The number of aromatic amines is 1. The van der Waals surface area contributed by atoms with Crippen LogP contribution in [-0.2, 0) is 0 Å². The molecule has 100 valence electrons. The average Bonchev–Trinajstić information content (AvgIpc) is 2.37. The van der Waals surface area contributed by atoms with Crippen molar-refractivity contribution in [3.63, 3.8) is 0 Å². The summed E-state index contributed by atoms with van der Waals surface area (Å²) in [6.07, 6.45) is 0. The third kappa shape index (κ3) is 2.66. The lowest BCUT2D eigenvalue weighted by Gasteiger charge is -2.10. The van der Waals surface area contributed by atoms with Crippen LogP contribution in [0.1, 0.15) is 24.2 Å². The third-order valence-corrected chi connectivity index (χ3v) is 3.05. The molecule has 1 aromatic heterocycles. The zero-order valence-corrected chi connectivity index (χ0v) is 11.0. The van der Waals surface area contributed by atoms with Gasteiger partial charge in [0, 0.05) is 12.5 Å². The molecule has 1 unspecified atom stereocenters. The minimum absolute atomic E-state index is 0.106. The van der Waals surface area contributed by atoms with Crippen LogP contribution in [0.5, 0.6) is 5.88 Å². The fourth-order valence-electron chi connectivity index (χ4n) is 1.88. The molecule has 0 bridgehead atoms. The first-order valence-electron chi connectivity index (χ1n) is 6.13. The number of hydrogen-bond donors (Lipinski definition) is 3. The van der Waals surface area contributed by atoms with Crippen molar-refractivity contribution in [3.05, 3.63) is 46.0 Å². The van der Waals surface area contributed by atoms with Crippen LogP contribution in [0, 0.1) is 6.92 Å². The molecule has 19 heavy (non-hydrogen) atoms. The van der Waals surface area contributed by atoms with E-state index in [2.05, 4.69) is 9.97 Å². The maximum absolute atomic E-state index is 12.1. The van der Waals surface area contributed by atoms with Gasteiger partial charge >= 0.3 is 0 Å². The van der Waals surface area contributed by atoms with Crippen LogP contribution < -0.4 is 11.3 Å². The highest BCUT2D eigenvalue weighted by molar-refractivity contribution is 5.67. The van der Waals surface area contributed by atoms with E-state index < -0.39 is 0 Å². The molecule has 1 atom stereocenters. The summed E-state index contributed by atoms with van der Waals surface area (Å²) in [4.78, 5) is 18.8. The Morgan fingerprint density at radius 3 is 2.79 bits per heavy atom. The first kappa shape index (κ1) is 13.3. The standard InChI is InChI=1S/C14H17N3O2/c1-8-4-3-5-10(6-8)11-13(18)16-12(9(2)7-15)17-14(11)19/h3-6,9H,7,15H2,1-2H3,(H2,16,17,18,19). The molecule has 0 saturated heterocycles. The molecule has 0 amide bonds. The number of rotatable bonds is 3. The first-order chi connectivity index (χ1) is 9.02. The third-order valence-electron chi connectivity index (χ3n) is 3.05. The van der Waals surface area contributed by atoms with Gasteiger partial charge < -0.3 is 15.8 Å². The fourth-order valence-corrected chi connectivity index (χ4v) is 1.88. The predicted molar refractivity (Wildman–Crippen MR) is 74.2 cm³/mol. The van der Waals surface area contributed by atoms with Gasteiger partial charge in [0.1, 0.15) is 11.4 Å². The van der Waals surface area contributed by atoms with Gasteiger partial charge in [0.05, 0.1) is 0 Å². The Labute approximate surface area is 111 Å². The van der Waals surface area contributed by atoms with Gasteiger partial charge in [-0.1, -0.05) is 36.8 Å². The van der Waals surface area contributed by atoms with Crippen LogP contribution in [0.2, 0.25) is 0 Å². The average molecular weight is 259 g/mol. The number of H-pyrrole nitrogens is 1. The molecule has 0 aliphatic rings. The van der Waals surface area contributed by atoms with Crippen LogP contribution >= 0.6 is 0 Å². The van der Waals surface area contributed by atoms with Crippen molar-refractivity contribution >= 4 is 0 Å². The van der Waals surface area contributed by atoms with Gasteiger partial charge in [-0.15, -0.1) is 0 Å².